The standard InChI is InChI=1S/C23H20Cl2F2N2O5/c1-9(23(33)34)8-28-21(31)10(2)17-11(3)29(16-7-15(26)20(30)19(27)18(16)17)22(32)12-4-5-13(24)14(25)6-12/h4-7,9-10,30H,8H2,1-3H3,(H,28,31)(H,33,34). The Morgan fingerprint density at radius 2 is 1.76 bits per heavy atom. The average Bonchev–Trinajstić information content (AvgIpc) is 3.07. The highest BCUT2D eigenvalue weighted by Crippen LogP contribution is 2.39. The SMILES string of the molecule is Cc1c(C(C)C(=O)NCC(C)C(=O)O)c2c(F)c(O)c(F)cc2n1C(=O)c1ccc(Cl)c(Cl)c1. The van der Waals surface area contributed by atoms with Crippen LogP contribution in [0, 0.1) is 24.5 Å². The Balaban J connectivity index is 2.19. The van der Waals surface area contributed by atoms with Gasteiger partial charge in [-0.3, -0.25) is 19.0 Å². The lowest BCUT2D eigenvalue weighted by atomic mass is 9.96. The number of carboxylic acids is 1. The lowest BCUT2D eigenvalue weighted by Crippen LogP contribution is -2.34. The van der Waals surface area contributed by atoms with Crippen molar-refractivity contribution in [3.63, 3.8) is 0 Å². The fraction of sp³-hybridized carbons (Fsp3) is 0.261. The molecule has 2 aromatic carbocycles. The first-order valence-electron chi connectivity index (χ1n) is 10.1. The molecule has 1 amide bonds. The van der Waals surface area contributed by atoms with Gasteiger partial charge in [0.2, 0.25) is 5.91 Å². The molecular formula is C23H20Cl2F2N2O5. The van der Waals surface area contributed by atoms with Gasteiger partial charge in [-0.2, -0.15) is 0 Å². The van der Waals surface area contributed by atoms with Crippen molar-refractivity contribution in [1.82, 2.24) is 9.88 Å². The maximum absolute atomic E-state index is 15.1. The molecule has 0 saturated heterocycles. The molecule has 0 aliphatic carbocycles. The van der Waals surface area contributed by atoms with E-state index in [0.717, 1.165) is 10.6 Å². The predicted molar refractivity (Wildman–Crippen MR) is 123 cm³/mol. The molecule has 3 aromatic rings. The number of rotatable bonds is 6. The summed E-state index contributed by atoms with van der Waals surface area (Å²) in [7, 11) is 0. The molecule has 3 N–H and O–H groups in total. The van der Waals surface area contributed by atoms with Crippen LogP contribution in [0.4, 0.5) is 8.78 Å². The van der Waals surface area contributed by atoms with Crippen LogP contribution in [0.5, 0.6) is 5.75 Å². The van der Waals surface area contributed by atoms with E-state index in [4.69, 9.17) is 28.3 Å². The monoisotopic (exact) mass is 512 g/mol. The van der Waals surface area contributed by atoms with Crippen molar-refractivity contribution < 1.29 is 33.4 Å². The second kappa shape index (κ2) is 9.60. The van der Waals surface area contributed by atoms with Gasteiger partial charge in [-0.15, -0.1) is 0 Å². The molecule has 0 fully saturated rings. The van der Waals surface area contributed by atoms with E-state index >= 15 is 4.39 Å². The Bertz CT molecular complexity index is 1340. The van der Waals surface area contributed by atoms with Crippen LogP contribution in [0.15, 0.2) is 24.3 Å². The first-order valence-corrected chi connectivity index (χ1v) is 10.8. The van der Waals surface area contributed by atoms with Gasteiger partial charge in [0, 0.05) is 29.3 Å². The molecule has 3 rings (SSSR count). The normalized spacial score (nSPS) is 13.0. The summed E-state index contributed by atoms with van der Waals surface area (Å²) in [5, 5.41) is 21.4. The summed E-state index contributed by atoms with van der Waals surface area (Å²) in [4.78, 5) is 37.1. The summed E-state index contributed by atoms with van der Waals surface area (Å²) in [5.41, 5.74) is 0.0396. The van der Waals surface area contributed by atoms with Crippen molar-refractivity contribution in [2.24, 2.45) is 5.92 Å². The zero-order valence-electron chi connectivity index (χ0n) is 18.2. The van der Waals surface area contributed by atoms with Gasteiger partial charge < -0.3 is 15.5 Å². The number of aromatic nitrogens is 1. The number of carbonyl (C=O) groups is 3. The van der Waals surface area contributed by atoms with Crippen LogP contribution in [0.25, 0.3) is 10.9 Å². The number of phenols is 1. The number of carbonyl (C=O) groups excluding carboxylic acids is 2. The number of nitrogens with zero attached hydrogens (tertiary/aromatic N) is 1. The molecule has 1 aromatic heterocycles. The second-order valence-corrected chi connectivity index (χ2v) is 8.70. The number of phenolic OH excluding ortho intramolecular Hbond substituents is 1. The third-order valence-electron chi connectivity index (χ3n) is 5.61. The minimum atomic E-state index is -1.33. The summed E-state index contributed by atoms with van der Waals surface area (Å²) < 4.78 is 30.4. The number of halogens is 4. The Kier molecular flexibility index (Phi) is 7.18. The predicted octanol–water partition coefficient (Wildman–Crippen LogP) is 4.87. The molecule has 0 radical (unpaired) electrons. The Labute approximate surface area is 202 Å². The van der Waals surface area contributed by atoms with Crippen LogP contribution in [0.3, 0.4) is 0 Å². The van der Waals surface area contributed by atoms with Gasteiger partial charge in [0.25, 0.3) is 5.91 Å². The molecule has 2 atom stereocenters. The topological polar surface area (TPSA) is 109 Å². The van der Waals surface area contributed by atoms with Gasteiger partial charge in [-0.1, -0.05) is 30.1 Å². The van der Waals surface area contributed by atoms with E-state index in [1.165, 1.54) is 39.0 Å². The summed E-state index contributed by atoms with van der Waals surface area (Å²) in [6.07, 6.45) is 0. The van der Waals surface area contributed by atoms with Crippen LogP contribution in [0.1, 0.15) is 41.4 Å². The summed E-state index contributed by atoms with van der Waals surface area (Å²) in [5.74, 6) is -8.25. The number of benzene rings is 2. The zero-order chi connectivity index (χ0) is 25.5. The molecule has 0 aliphatic rings. The van der Waals surface area contributed by atoms with E-state index in [2.05, 4.69) is 5.32 Å². The number of aromatic hydroxyl groups is 1. The third-order valence-corrected chi connectivity index (χ3v) is 6.35. The highest BCUT2D eigenvalue weighted by molar-refractivity contribution is 6.42. The second-order valence-electron chi connectivity index (χ2n) is 7.89. The quantitative estimate of drug-likeness (QED) is 0.436. The van der Waals surface area contributed by atoms with Gasteiger partial charge in [0.15, 0.2) is 17.4 Å². The van der Waals surface area contributed by atoms with E-state index < -0.39 is 47.0 Å². The Morgan fingerprint density at radius 1 is 1.12 bits per heavy atom. The van der Waals surface area contributed by atoms with Gasteiger partial charge in [0.05, 0.1) is 27.4 Å². The molecule has 1 heterocycles. The van der Waals surface area contributed by atoms with Crippen molar-refractivity contribution in [1.29, 1.82) is 0 Å². The molecule has 2 unspecified atom stereocenters. The Morgan fingerprint density at radius 3 is 2.35 bits per heavy atom. The highest BCUT2D eigenvalue weighted by atomic mass is 35.5. The number of hydrogen-bond acceptors (Lipinski definition) is 4. The smallest absolute Gasteiger partial charge is 0.308 e. The van der Waals surface area contributed by atoms with E-state index in [-0.39, 0.29) is 44.3 Å². The number of hydrogen-bond donors (Lipinski definition) is 3. The molecule has 180 valence electrons. The summed E-state index contributed by atoms with van der Waals surface area (Å²) in [6, 6.07) is 4.88. The van der Waals surface area contributed by atoms with Gasteiger partial charge in [-0.05, 0) is 37.6 Å². The van der Waals surface area contributed by atoms with Crippen LogP contribution in [-0.4, -0.2) is 39.1 Å². The number of nitrogens with one attached hydrogen (secondary N) is 1. The van der Waals surface area contributed by atoms with Gasteiger partial charge in [-0.25, -0.2) is 8.78 Å². The fourth-order valence-corrected chi connectivity index (χ4v) is 3.98. The van der Waals surface area contributed by atoms with E-state index in [1.54, 1.807) is 0 Å². The largest absolute Gasteiger partial charge is 0.503 e. The lowest BCUT2D eigenvalue weighted by molar-refractivity contribution is -0.141. The number of fused-ring (bicyclic) bond motifs is 1. The number of aliphatic carboxylic acids is 1. The first kappa shape index (κ1) is 25.5. The number of amides is 1. The van der Waals surface area contributed by atoms with Crippen LogP contribution in [-0.2, 0) is 9.59 Å². The maximum Gasteiger partial charge on any atom is 0.308 e. The molecule has 0 saturated carbocycles. The molecule has 7 nitrogen and oxygen atoms in total. The van der Waals surface area contributed by atoms with Gasteiger partial charge in [0.1, 0.15) is 0 Å². The molecule has 0 bridgehead atoms. The molecule has 0 spiro atoms. The van der Waals surface area contributed by atoms with E-state index in [9.17, 15) is 23.9 Å². The molecule has 0 aliphatic heterocycles. The summed E-state index contributed by atoms with van der Waals surface area (Å²) >= 11 is 11.9. The minimum Gasteiger partial charge on any atom is -0.503 e. The van der Waals surface area contributed by atoms with Crippen LogP contribution in [0.2, 0.25) is 10.0 Å². The minimum absolute atomic E-state index is 0.0386. The lowest BCUT2D eigenvalue weighted by Gasteiger charge is -2.15. The third kappa shape index (κ3) is 4.45. The van der Waals surface area contributed by atoms with Crippen molar-refractivity contribution >= 4 is 51.9 Å². The van der Waals surface area contributed by atoms with Crippen molar-refractivity contribution in [2.75, 3.05) is 6.54 Å². The fourth-order valence-electron chi connectivity index (χ4n) is 3.69. The molecular weight excluding hydrogens is 493 g/mol. The van der Waals surface area contributed by atoms with Crippen molar-refractivity contribution in [3.8, 4) is 5.75 Å². The van der Waals surface area contributed by atoms with Crippen molar-refractivity contribution in [3.05, 3.63) is 62.8 Å². The zero-order valence-corrected chi connectivity index (χ0v) is 19.8. The highest BCUT2D eigenvalue weighted by Gasteiger charge is 2.31. The Hall–Kier alpha value is -3.17. The van der Waals surface area contributed by atoms with Crippen LogP contribution < -0.4 is 5.32 Å². The maximum atomic E-state index is 15.1. The van der Waals surface area contributed by atoms with Crippen LogP contribution >= 0.6 is 23.2 Å². The summed E-state index contributed by atoms with van der Waals surface area (Å²) in [6.45, 7) is 4.10. The molecule has 11 heteroatoms. The van der Waals surface area contributed by atoms with Gasteiger partial charge >= 0.3 is 5.97 Å². The van der Waals surface area contributed by atoms with E-state index in [0.29, 0.717) is 0 Å². The number of carboxylic acid groups (broad SMARTS) is 1. The molecule has 34 heavy (non-hydrogen) atoms. The van der Waals surface area contributed by atoms with Crippen molar-refractivity contribution in [2.45, 2.75) is 26.7 Å². The average molecular weight is 513 g/mol. The van der Waals surface area contributed by atoms with E-state index in [1.807, 2.05) is 0 Å². The first-order chi connectivity index (χ1) is 15.9.